The van der Waals surface area contributed by atoms with E-state index in [9.17, 15) is 13.2 Å². The third kappa shape index (κ3) is 3.66. The first-order chi connectivity index (χ1) is 9.94. The molecule has 1 heterocycles. The van der Waals surface area contributed by atoms with E-state index in [4.69, 9.17) is 10.5 Å². The molecule has 7 heteroatoms. The van der Waals surface area contributed by atoms with E-state index >= 15 is 0 Å². The van der Waals surface area contributed by atoms with Gasteiger partial charge in [-0.05, 0) is 43.5 Å². The number of esters is 1. The lowest BCUT2D eigenvalue weighted by atomic mass is 10.0. The minimum atomic E-state index is -3.53. The molecule has 0 saturated carbocycles. The normalized spacial score (nSPS) is 14.6. The van der Waals surface area contributed by atoms with E-state index in [1.807, 2.05) is 6.07 Å². The number of ether oxygens (including phenoxy) is 1. The fourth-order valence-corrected chi connectivity index (χ4v) is 3.96. The number of sulfonamides is 1. The number of anilines is 2. The first-order valence-corrected chi connectivity index (χ1v) is 8.59. The molecule has 1 aliphatic heterocycles. The number of rotatable bonds is 5. The van der Waals surface area contributed by atoms with Crippen molar-refractivity contribution >= 4 is 27.4 Å². The van der Waals surface area contributed by atoms with Crippen molar-refractivity contribution in [3.8, 4) is 0 Å². The van der Waals surface area contributed by atoms with Crippen LogP contribution in [0.4, 0.5) is 11.4 Å². The zero-order chi connectivity index (χ0) is 15.5. The first kappa shape index (κ1) is 15.6. The summed E-state index contributed by atoms with van der Waals surface area (Å²) < 4.78 is 31.0. The topological polar surface area (TPSA) is 89.7 Å². The fraction of sp³-hybridized carbons (Fsp3) is 0.500. The average molecular weight is 312 g/mol. The predicted octanol–water partition coefficient (Wildman–Crippen LogP) is 1.30. The van der Waals surface area contributed by atoms with E-state index in [-0.39, 0.29) is 18.8 Å². The summed E-state index contributed by atoms with van der Waals surface area (Å²) in [4.78, 5) is 11.3. The number of carbonyl (C=O) groups is 1. The lowest BCUT2D eigenvalue weighted by Crippen LogP contribution is -2.37. The van der Waals surface area contributed by atoms with Crippen LogP contribution >= 0.6 is 0 Å². The van der Waals surface area contributed by atoms with Gasteiger partial charge in [0.2, 0.25) is 10.0 Å². The minimum absolute atomic E-state index is 0.128. The summed E-state index contributed by atoms with van der Waals surface area (Å²) >= 11 is 0. The Morgan fingerprint density at radius 3 is 2.90 bits per heavy atom. The molecule has 6 nitrogen and oxygen atoms in total. The van der Waals surface area contributed by atoms with Gasteiger partial charge in [0.1, 0.15) is 0 Å². The van der Waals surface area contributed by atoms with Gasteiger partial charge in [0.25, 0.3) is 0 Å². The maximum atomic E-state index is 12.4. The summed E-state index contributed by atoms with van der Waals surface area (Å²) in [5, 5.41) is 0. The van der Waals surface area contributed by atoms with Crippen LogP contribution in [0.1, 0.15) is 25.3 Å². The van der Waals surface area contributed by atoms with Gasteiger partial charge in [0.05, 0.1) is 24.5 Å². The van der Waals surface area contributed by atoms with Crippen LogP contribution in [0.2, 0.25) is 0 Å². The lowest BCUT2D eigenvalue weighted by Gasteiger charge is -2.30. The Kier molecular flexibility index (Phi) is 4.72. The van der Waals surface area contributed by atoms with Gasteiger partial charge >= 0.3 is 5.97 Å². The molecule has 0 atom stereocenters. The summed E-state index contributed by atoms with van der Waals surface area (Å²) in [6.07, 6.45) is 1.43. The fourth-order valence-electron chi connectivity index (χ4n) is 2.43. The van der Waals surface area contributed by atoms with Gasteiger partial charge in [0.15, 0.2) is 0 Å². The highest BCUT2D eigenvalue weighted by Gasteiger charge is 2.28. The molecule has 0 amide bonds. The van der Waals surface area contributed by atoms with E-state index in [1.165, 1.54) is 4.31 Å². The van der Waals surface area contributed by atoms with Gasteiger partial charge in [0, 0.05) is 12.2 Å². The highest BCUT2D eigenvalue weighted by molar-refractivity contribution is 7.92. The Bertz CT molecular complexity index is 628. The van der Waals surface area contributed by atoms with Crippen LogP contribution in [-0.4, -0.2) is 33.3 Å². The summed E-state index contributed by atoms with van der Waals surface area (Å²) in [6.45, 7) is 2.38. The minimum Gasteiger partial charge on any atom is -0.466 e. The van der Waals surface area contributed by atoms with Gasteiger partial charge < -0.3 is 10.5 Å². The van der Waals surface area contributed by atoms with Crippen molar-refractivity contribution in [2.24, 2.45) is 0 Å². The zero-order valence-electron chi connectivity index (χ0n) is 12.0. The molecule has 0 fully saturated rings. The van der Waals surface area contributed by atoms with E-state index in [1.54, 1.807) is 19.1 Å². The van der Waals surface area contributed by atoms with Crippen molar-refractivity contribution in [3.05, 3.63) is 23.8 Å². The molecule has 0 aliphatic carbocycles. The molecule has 0 radical (unpaired) electrons. The second kappa shape index (κ2) is 6.34. The molecule has 0 saturated heterocycles. The molecule has 1 aliphatic rings. The first-order valence-electron chi connectivity index (χ1n) is 6.98. The Hall–Kier alpha value is -1.76. The SMILES string of the molecule is CCOC(=O)CCS(=O)(=O)N1CCCc2cc(N)ccc21. The molecule has 116 valence electrons. The zero-order valence-corrected chi connectivity index (χ0v) is 12.9. The number of nitrogens with zero attached hydrogens (tertiary/aromatic N) is 1. The van der Waals surface area contributed by atoms with Gasteiger partial charge in [-0.2, -0.15) is 0 Å². The van der Waals surface area contributed by atoms with Crippen LogP contribution in [0, 0.1) is 0 Å². The number of hydrogen-bond donors (Lipinski definition) is 1. The predicted molar refractivity (Wildman–Crippen MR) is 81.6 cm³/mol. The maximum Gasteiger partial charge on any atom is 0.306 e. The van der Waals surface area contributed by atoms with Gasteiger partial charge in [-0.15, -0.1) is 0 Å². The summed E-state index contributed by atoms with van der Waals surface area (Å²) in [7, 11) is -3.53. The van der Waals surface area contributed by atoms with Gasteiger partial charge in [-0.1, -0.05) is 0 Å². The number of nitrogens with two attached hydrogens (primary N) is 1. The molecule has 0 unspecified atom stereocenters. The molecule has 0 aromatic heterocycles. The summed E-state index contributed by atoms with van der Waals surface area (Å²) in [5.74, 6) is -0.731. The molecule has 1 aromatic carbocycles. The Morgan fingerprint density at radius 1 is 1.43 bits per heavy atom. The lowest BCUT2D eigenvalue weighted by molar-refractivity contribution is -0.142. The van der Waals surface area contributed by atoms with Crippen LogP contribution in [0.3, 0.4) is 0 Å². The van der Waals surface area contributed by atoms with E-state index < -0.39 is 16.0 Å². The van der Waals surface area contributed by atoms with Crippen molar-refractivity contribution in [2.45, 2.75) is 26.2 Å². The highest BCUT2D eigenvalue weighted by Crippen LogP contribution is 2.31. The van der Waals surface area contributed by atoms with E-state index in [0.29, 0.717) is 17.9 Å². The average Bonchev–Trinajstić information content (AvgIpc) is 2.44. The van der Waals surface area contributed by atoms with E-state index in [0.717, 1.165) is 18.4 Å². The quantitative estimate of drug-likeness (QED) is 0.654. The van der Waals surface area contributed by atoms with Crippen molar-refractivity contribution in [3.63, 3.8) is 0 Å². The van der Waals surface area contributed by atoms with Crippen LogP contribution in [0.15, 0.2) is 18.2 Å². The maximum absolute atomic E-state index is 12.4. The van der Waals surface area contributed by atoms with Crippen molar-refractivity contribution in [1.82, 2.24) is 0 Å². The standard InChI is InChI=1S/C14H20N2O4S/c1-2-20-14(17)7-9-21(18,19)16-8-3-4-11-10-12(15)5-6-13(11)16/h5-6,10H,2-4,7-9,15H2,1H3. The highest BCUT2D eigenvalue weighted by atomic mass is 32.2. The van der Waals surface area contributed by atoms with Gasteiger partial charge in [-0.25, -0.2) is 8.42 Å². The number of nitrogen functional groups attached to an aromatic ring is 1. The number of aryl methyl sites for hydroxylation is 1. The van der Waals surface area contributed by atoms with Crippen LogP contribution in [0.25, 0.3) is 0 Å². The Balaban J connectivity index is 2.17. The number of benzene rings is 1. The molecular weight excluding hydrogens is 292 g/mol. The smallest absolute Gasteiger partial charge is 0.306 e. The van der Waals surface area contributed by atoms with Crippen LogP contribution in [0.5, 0.6) is 0 Å². The van der Waals surface area contributed by atoms with Crippen molar-refractivity contribution in [1.29, 1.82) is 0 Å². The summed E-state index contributed by atoms with van der Waals surface area (Å²) in [5.41, 5.74) is 7.96. The van der Waals surface area contributed by atoms with Gasteiger partial charge in [-0.3, -0.25) is 9.10 Å². The molecule has 1 aromatic rings. The third-order valence-corrected chi connectivity index (χ3v) is 5.16. The molecule has 0 spiro atoms. The second-order valence-electron chi connectivity index (χ2n) is 4.93. The van der Waals surface area contributed by atoms with Crippen molar-refractivity contribution in [2.75, 3.05) is 28.9 Å². The molecule has 0 bridgehead atoms. The second-order valence-corrected chi connectivity index (χ2v) is 6.95. The molecular formula is C14H20N2O4S. The molecule has 21 heavy (non-hydrogen) atoms. The Morgan fingerprint density at radius 2 is 2.19 bits per heavy atom. The third-order valence-electron chi connectivity index (χ3n) is 3.38. The van der Waals surface area contributed by atoms with E-state index in [2.05, 4.69) is 0 Å². The summed E-state index contributed by atoms with van der Waals surface area (Å²) in [6, 6.07) is 5.23. The number of hydrogen-bond acceptors (Lipinski definition) is 5. The van der Waals surface area contributed by atoms with Crippen LogP contribution < -0.4 is 10.0 Å². The Labute approximate surface area is 124 Å². The number of fused-ring (bicyclic) bond motifs is 1. The number of carbonyl (C=O) groups excluding carboxylic acids is 1. The van der Waals surface area contributed by atoms with Crippen LogP contribution in [-0.2, 0) is 26.0 Å². The van der Waals surface area contributed by atoms with Crippen molar-refractivity contribution < 1.29 is 17.9 Å². The molecule has 2 N–H and O–H groups in total. The molecule has 2 rings (SSSR count). The largest absolute Gasteiger partial charge is 0.466 e. The monoisotopic (exact) mass is 312 g/mol.